The summed E-state index contributed by atoms with van der Waals surface area (Å²) in [5, 5.41) is 0. The Kier molecular flexibility index (Phi) is 5.76. The van der Waals surface area contributed by atoms with E-state index in [4.69, 9.17) is 0 Å². The molecule has 1 aliphatic heterocycles. The molecule has 2 nitrogen and oxygen atoms in total. The molecule has 0 N–H and O–H groups in total. The molecular formula is C11H19F2NO. The quantitative estimate of drug-likeness (QED) is 0.661. The van der Waals surface area contributed by atoms with E-state index in [1.54, 1.807) is 0 Å². The number of carbonyl (C=O) groups excluding carboxylic acids is 1. The van der Waals surface area contributed by atoms with Crippen LogP contribution in [0.5, 0.6) is 0 Å². The van der Waals surface area contributed by atoms with Crippen molar-refractivity contribution < 1.29 is 13.6 Å². The summed E-state index contributed by atoms with van der Waals surface area (Å²) in [5.41, 5.74) is 0. The van der Waals surface area contributed by atoms with Crippen LogP contribution in [0.4, 0.5) is 8.78 Å². The van der Waals surface area contributed by atoms with Gasteiger partial charge in [-0.3, -0.25) is 0 Å². The molecule has 0 saturated carbocycles. The SMILES string of the molecule is O=CCC1CCCN(CCC(F)F)CC1. The lowest BCUT2D eigenvalue weighted by atomic mass is 9.98. The van der Waals surface area contributed by atoms with Gasteiger partial charge in [-0.05, 0) is 38.3 Å². The maximum absolute atomic E-state index is 12.0. The summed E-state index contributed by atoms with van der Waals surface area (Å²) in [4.78, 5) is 12.5. The van der Waals surface area contributed by atoms with E-state index < -0.39 is 6.43 Å². The van der Waals surface area contributed by atoms with Crippen molar-refractivity contribution in [2.45, 2.75) is 38.5 Å². The highest BCUT2D eigenvalue weighted by molar-refractivity contribution is 5.49. The number of alkyl halides is 2. The van der Waals surface area contributed by atoms with Crippen molar-refractivity contribution in [1.29, 1.82) is 0 Å². The molecule has 1 aliphatic rings. The monoisotopic (exact) mass is 219 g/mol. The zero-order chi connectivity index (χ0) is 11.1. The number of halogens is 2. The number of hydrogen-bond donors (Lipinski definition) is 0. The van der Waals surface area contributed by atoms with E-state index in [9.17, 15) is 13.6 Å². The van der Waals surface area contributed by atoms with Crippen LogP contribution in [0.2, 0.25) is 0 Å². The Morgan fingerprint density at radius 3 is 2.80 bits per heavy atom. The minimum atomic E-state index is -2.20. The highest BCUT2D eigenvalue weighted by atomic mass is 19.3. The molecule has 15 heavy (non-hydrogen) atoms. The number of nitrogens with zero attached hydrogens (tertiary/aromatic N) is 1. The average molecular weight is 219 g/mol. The fraction of sp³-hybridized carbons (Fsp3) is 0.909. The fourth-order valence-corrected chi connectivity index (χ4v) is 2.10. The molecule has 0 bridgehead atoms. The Balaban J connectivity index is 2.23. The van der Waals surface area contributed by atoms with Gasteiger partial charge in [-0.2, -0.15) is 0 Å². The van der Waals surface area contributed by atoms with Crippen LogP contribution < -0.4 is 0 Å². The van der Waals surface area contributed by atoms with Crippen molar-refractivity contribution in [2.75, 3.05) is 19.6 Å². The minimum absolute atomic E-state index is 0.0294. The standard InChI is InChI=1S/C11H19F2NO/c12-11(13)4-8-14-6-1-2-10(3-7-14)5-9-15/h9-11H,1-8H2. The van der Waals surface area contributed by atoms with E-state index in [1.165, 1.54) is 0 Å². The minimum Gasteiger partial charge on any atom is -0.303 e. The van der Waals surface area contributed by atoms with Crippen LogP contribution in [0.15, 0.2) is 0 Å². The first-order chi connectivity index (χ1) is 7.22. The number of hydrogen-bond acceptors (Lipinski definition) is 2. The molecule has 4 heteroatoms. The van der Waals surface area contributed by atoms with Gasteiger partial charge in [-0.25, -0.2) is 8.78 Å². The Morgan fingerprint density at radius 2 is 2.13 bits per heavy atom. The largest absolute Gasteiger partial charge is 0.303 e. The van der Waals surface area contributed by atoms with Crippen molar-refractivity contribution in [2.24, 2.45) is 5.92 Å². The van der Waals surface area contributed by atoms with Gasteiger partial charge < -0.3 is 9.69 Å². The second-order valence-corrected chi connectivity index (χ2v) is 4.22. The number of aldehydes is 1. The Bertz CT molecular complexity index is 187. The van der Waals surface area contributed by atoms with Gasteiger partial charge in [0.25, 0.3) is 0 Å². The summed E-state index contributed by atoms with van der Waals surface area (Å²) in [5.74, 6) is 0.471. The van der Waals surface area contributed by atoms with E-state index >= 15 is 0 Å². The second kappa shape index (κ2) is 6.88. The van der Waals surface area contributed by atoms with Crippen LogP contribution in [-0.2, 0) is 4.79 Å². The smallest absolute Gasteiger partial charge is 0.239 e. The predicted molar refractivity (Wildman–Crippen MR) is 55.1 cm³/mol. The van der Waals surface area contributed by atoms with Gasteiger partial charge in [0.05, 0.1) is 0 Å². The van der Waals surface area contributed by atoms with E-state index in [0.717, 1.165) is 38.6 Å². The molecular weight excluding hydrogens is 200 g/mol. The van der Waals surface area contributed by atoms with E-state index in [1.807, 2.05) is 0 Å². The summed E-state index contributed by atoms with van der Waals surface area (Å²) >= 11 is 0. The summed E-state index contributed by atoms with van der Waals surface area (Å²) < 4.78 is 24.0. The molecule has 0 aromatic rings. The third-order valence-electron chi connectivity index (χ3n) is 3.03. The predicted octanol–water partition coefficient (Wildman–Crippen LogP) is 2.33. The molecule has 1 fully saturated rings. The fourth-order valence-electron chi connectivity index (χ4n) is 2.10. The third-order valence-corrected chi connectivity index (χ3v) is 3.03. The highest BCUT2D eigenvalue weighted by Gasteiger charge is 2.17. The van der Waals surface area contributed by atoms with Gasteiger partial charge in [-0.1, -0.05) is 0 Å². The van der Waals surface area contributed by atoms with Crippen LogP contribution in [-0.4, -0.2) is 37.2 Å². The van der Waals surface area contributed by atoms with Crippen molar-refractivity contribution in [3.8, 4) is 0 Å². The van der Waals surface area contributed by atoms with Crippen molar-refractivity contribution >= 4 is 6.29 Å². The van der Waals surface area contributed by atoms with Gasteiger partial charge in [0.1, 0.15) is 6.29 Å². The van der Waals surface area contributed by atoms with E-state index in [2.05, 4.69) is 4.90 Å². The lowest BCUT2D eigenvalue weighted by molar-refractivity contribution is -0.108. The van der Waals surface area contributed by atoms with Crippen LogP contribution in [0.3, 0.4) is 0 Å². The molecule has 1 saturated heterocycles. The van der Waals surface area contributed by atoms with Crippen molar-refractivity contribution in [1.82, 2.24) is 4.90 Å². The molecule has 0 aliphatic carbocycles. The second-order valence-electron chi connectivity index (χ2n) is 4.22. The summed E-state index contributed by atoms with van der Waals surface area (Å²) in [6, 6.07) is 0. The van der Waals surface area contributed by atoms with Crippen molar-refractivity contribution in [3.63, 3.8) is 0 Å². The Hall–Kier alpha value is -0.510. The van der Waals surface area contributed by atoms with Crippen molar-refractivity contribution in [3.05, 3.63) is 0 Å². The molecule has 0 spiro atoms. The van der Waals surface area contributed by atoms with Gasteiger partial charge in [0, 0.05) is 19.4 Å². The number of likely N-dealkylation sites (tertiary alicyclic amines) is 1. The van der Waals surface area contributed by atoms with Gasteiger partial charge in [0.2, 0.25) is 6.43 Å². The molecule has 0 aromatic carbocycles. The first-order valence-electron chi connectivity index (χ1n) is 5.66. The van der Waals surface area contributed by atoms with E-state index in [0.29, 0.717) is 18.9 Å². The van der Waals surface area contributed by atoms with E-state index in [-0.39, 0.29) is 6.42 Å². The van der Waals surface area contributed by atoms with Crippen LogP contribution in [0, 0.1) is 5.92 Å². The Labute approximate surface area is 89.6 Å². The number of rotatable bonds is 5. The average Bonchev–Trinajstić information content (AvgIpc) is 2.41. The topological polar surface area (TPSA) is 20.3 Å². The first-order valence-corrected chi connectivity index (χ1v) is 5.66. The highest BCUT2D eigenvalue weighted by Crippen LogP contribution is 2.20. The van der Waals surface area contributed by atoms with Gasteiger partial charge in [0.15, 0.2) is 0 Å². The molecule has 0 aromatic heterocycles. The lowest BCUT2D eigenvalue weighted by Crippen LogP contribution is -2.27. The molecule has 1 heterocycles. The summed E-state index contributed by atoms with van der Waals surface area (Å²) in [7, 11) is 0. The molecule has 1 rings (SSSR count). The maximum atomic E-state index is 12.0. The molecule has 0 radical (unpaired) electrons. The first kappa shape index (κ1) is 12.6. The zero-order valence-electron chi connectivity index (χ0n) is 9.00. The van der Waals surface area contributed by atoms with Gasteiger partial charge >= 0.3 is 0 Å². The van der Waals surface area contributed by atoms with Crippen LogP contribution in [0.1, 0.15) is 32.1 Å². The third kappa shape index (κ3) is 5.21. The maximum Gasteiger partial charge on any atom is 0.239 e. The summed E-state index contributed by atoms with van der Waals surface area (Å²) in [6.45, 7) is 2.26. The summed E-state index contributed by atoms with van der Waals surface area (Å²) in [6.07, 6.45) is 2.44. The number of carbonyl (C=O) groups is 1. The Morgan fingerprint density at radius 1 is 1.33 bits per heavy atom. The molecule has 1 atom stereocenters. The van der Waals surface area contributed by atoms with Gasteiger partial charge in [-0.15, -0.1) is 0 Å². The zero-order valence-corrected chi connectivity index (χ0v) is 9.00. The normalized spacial score (nSPS) is 24.1. The lowest BCUT2D eigenvalue weighted by Gasteiger charge is -2.19. The molecule has 88 valence electrons. The van der Waals surface area contributed by atoms with Crippen LogP contribution in [0.25, 0.3) is 0 Å². The molecule has 0 amide bonds. The molecule has 1 unspecified atom stereocenters. The van der Waals surface area contributed by atoms with Crippen LogP contribution >= 0.6 is 0 Å².